The van der Waals surface area contributed by atoms with E-state index in [2.05, 4.69) is 10.1 Å². The first kappa shape index (κ1) is 16.7. The van der Waals surface area contributed by atoms with Gasteiger partial charge in [0.2, 0.25) is 5.91 Å². The van der Waals surface area contributed by atoms with Crippen molar-refractivity contribution in [3.63, 3.8) is 0 Å². The van der Waals surface area contributed by atoms with Gasteiger partial charge >= 0.3 is 0 Å². The zero-order valence-corrected chi connectivity index (χ0v) is 14.7. The molecule has 1 aromatic heterocycles. The molecular weight excluding hydrogens is 357 g/mol. The second-order valence-corrected chi connectivity index (χ2v) is 6.74. The maximum atomic E-state index is 13.3. The summed E-state index contributed by atoms with van der Waals surface area (Å²) in [6, 6.07) is 11.5. The zero-order valence-electron chi connectivity index (χ0n) is 13.9. The minimum atomic E-state index is -0.321. The summed E-state index contributed by atoms with van der Waals surface area (Å²) in [6.07, 6.45) is 0.283. The number of amides is 1. The van der Waals surface area contributed by atoms with Gasteiger partial charge in [-0.25, -0.2) is 4.39 Å². The van der Waals surface area contributed by atoms with Gasteiger partial charge in [0.05, 0.1) is 0 Å². The van der Waals surface area contributed by atoms with Crippen molar-refractivity contribution < 1.29 is 13.7 Å². The van der Waals surface area contributed by atoms with Crippen LogP contribution < -0.4 is 4.90 Å². The Kier molecular flexibility index (Phi) is 4.20. The Labute approximate surface area is 154 Å². The number of rotatable bonds is 3. The molecule has 7 heteroatoms. The Morgan fingerprint density at radius 3 is 2.88 bits per heavy atom. The van der Waals surface area contributed by atoms with Crippen LogP contribution in [0.15, 0.2) is 47.0 Å². The molecule has 0 N–H and O–H groups in total. The quantitative estimate of drug-likeness (QED) is 0.686. The van der Waals surface area contributed by atoms with Crippen LogP contribution in [0.1, 0.15) is 23.7 Å². The van der Waals surface area contributed by atoms with Crippen LogP contribution in [0.4, 0.5) is 10.1 Å². The van der Waals surface area contributed by atoms with E-state index in [1.54, 1.807) is 36.1 Å². The maximum Gasteiger partial charge on any atom is 0.257 e. The molecule has 26 heavy (non-hydrogen) atoms. The molecule has 132 valence electrons. The summed E-state index contributed by atoms with van der Waals surface area (Å²) in [5, 5.41) is 4.62. The Bertz CT molecular complexity index is 988. The lowest BCUT2D eigenvalue weighted by atomic mass is 10.1. The fraction of sp³-hybridized carbons (Fsp3) is 0.211. The van der Waals surface area contributed by atoms with E-state index >= 15 is 0 Å². The summed E-state index contributed by atoms with van der Waals surface area (Å²) in [4.78, 5) is 18.5. The van der Waals surface area contributed by atoms with Crippen molar-refractivity contribution in [3.8, 4) is 11.5 Å². The van der Waals surface area contributed by atoms with Crippen molar-refractivity contribution in [2.75, 3.05) is 11.4 Å². The average molecular weight is 372 g/mol. The van der Waals surface area contributed by atoms with Gasteiger partial charge in [-0.15, -0.1) is 0 Å². The Morgan fingerprint density at radius 1 is 1.27 bits per heavy atom. The minimum absolute atomic E-state index is 0.0428. The van der Waals surface area contributed by atoms with E-state index in [0.717, 1.165) is 5.56 Å². The molecule has 0 spiro atoms. The van der Waals surface area contributed by atoms with Crippen LogP contribution in [0.25, 0.3) is 11.5 Å². The van der Waals surface area contributed by atoms with E-state index in [1.807, 2.05) is 6.07 Å². The molecular formula is C19H15ClFN3O2. The molecule has 1 unspecified atom stereocenters. The van der Waals surface area contributed by atoms with Gasteiger partial charge in [0.1, 0.15) is 5.82 Å². The molecule has 5 nitrogen and oxygen atoms in total. The summed E-state index contributed by atoms with van der Waals surface area (Å²) < 4.78 is 18.7. The highest BCUT2D eigenvalue weighted by Crippen LogP contribution is 2.33. The van der Waals surface area contributed by atoms with Gasteiger partial charge in [-0.1, -0.05) is 22.8 Å². The summed E-state index contributed by atoms with van der Waals surface area (Å²) in [6.45, 7) is 2.21. The summed E-state index contributed by atoms with van der Waals surface area (Å²) in [5.41, 5.74) is 2.15. The second kappa shape index (κ2) is 6.53. The molecule has 0 radical (unpaired) electrons. The van der Waals surface area contributed by atoms with Crippen molar-refractivity contribution in [1.82, 2.24) is 10.1 Å². The lowest BCUT2D eigenvalue weighted by Crippen LogP contribution is -2.25. The number of anilines is 1. The average Bonchev–Trinajstić information content (AvgIpc) is 3.22. The number of hydrogen-bond donors (Lipinski definition) is 0. The second-order valence-electron chi connectivity index (χ2n) is 6.30. The van der Waals surface area contributed by atoms with Crippen LogP contribution in [0.5, 0.6) is 0 Å². The Morgan fingerprint density at radius 2 is 2.12 bits per heavy atom. The highest BCUT2D eigenvalue weighted by atomic mass is 35.5. The summed E-state index contributed by atoms with van der Waals surface area (Å²) in [7, 11) is 0. The van der Waals surface area contributed by atoms with Gasteiger partial charge in [-0.3, -0.25) is 4.79 Å². The van der Waals surface area contributed by atoms with E-state index in [1.165, 1.54) is 12.1 Å². The molecule has 1 aliphatic heterocycles. The van der Waals surface area contributed by atoms with Crippen molar-refractivity contribution in [2.24, 2.45) is 0 Å². The normalized spacial score (nSPS) is 17.1. The van der Waals surface area contributed by atoms with E-state index in [-0.39, 0.29) is 24.1 Å². The fourth-order valence-corrected chi connectivity index (χ4v) is 3.36. The molecule has 0 saturated carbocycles. The van der Waals surface area contributed by atoms with E-state index in [0.29, 0.717) is 34.5 Å². The fourth-order valence-electron chi connectivity index (χ4n) is 3.17. The number of hydrogen-bond acceptors (Lipinski definition) is 4. The van der Waals surface area contributed by atoms with E-state index in [4.69, 9.17) is 16.1 Å². The molecule has 1 amide bonds. The number of carbonyl (C=O) groups is 1. The highest BCUT2D eigenvalue weighted by Gasteiger charge is 2.35. The van der Waals surface area contributed by atoms with E-state index < -0.39 is 0 Å². The molecule has 3 aromatic rings. The van der Waals surface area contributed by atoms with Crippen molar-refractivity contribution in [3.05, 3.63) is 64.7 Å². The monoisotopic (exact) mass is 371 g/mol. The zero-order chi connectivity index (χ0) is 18.3. The van der Waals surface area contributed by atoms with Gasteiger partial charge in [-0.05, 0) is 48.9 Å². The third-order valence-electron chi connectivity index (χ3n) is 4.45. The smallest absolute Gasteiger partial charge is 0.257 e. The van der Waals surface area contributed by atoms with Crippen LogP contribution in [-0.2, 0) is 4.79 Å². The third kappa shape index (κ3) is 3.08. The van der Waals surface area contributed by atoms with Crippen molar-refractivity contribution >= 4 is 23.2 Å². The largest absolute Gasteiger partial charge is 0.334 e. The predicted octanol–water partition coefficient (Wildman–Crippen LogP) is 4.36. The first-order chi connectivity index (χ1) is 12.5. The number of aromatic nitrogens is 2. The molecule has 0 bridgehead atoms. The third-order valence-corrected chi connectivity index (χ3v) is 4.69. The highest BCUT2D eigenvalue weighted by molar-refractivity contribution is 6.30. The lowest BCUT2D eigenvalue weighted by Gasteiger charge is -2.18. The van der Waals surface area contributed by atoms with Crippen LogP contribution in [0.3, 0.4) is 0 Å². The van der Waals surface area contributed by atoms with Gasteiger partial charge in [0.25, 0.3) is 5.89 Å². The van der Waals surface area contributed by atoms with Gasteiger partial charge in [0.15, 0.2) is 5.82 Å². The van der Waals surface area contributed by atoms with Crippen molar-refractivity contribution in [1.29, 1.82) is 0 Å². The predicted molar refractivity (Wildman–Crippen MR) is 95.6 cm³/mol. The van der Waals surface area contributed by atoms with Crippen LogP contribution in [0.2, 0.25) is 5.02 Å². The summed E-state index contributed by atoms with van der Waals surface area (Å²) >= 11 is 5.99. The van der Waals surface area contributed by atoms with E-state index in [9.17, 15) is 9.18 Å². The Hall–Kier alpha value is -2.73. The molecule has 1 atom stereocenters. The number of carbonyl (C=O) groups excluding carboxylic acids is 1. The maximum absolute atomic E-state index is 13.3. The van der Waals surface area contributed by atoms with Gasteiger partial charge in [-0.2, -0.15) is 4.98 Å². The summed E-state index contributed by atoms with van der Waals surface area (Å²) in [5.74, 6) is 0.309. The lowest BCUT2D eigenvalue weighted by molar-refractivity contribution is -0.117. The van der Waals surface area contributed by atoms with Crippen LogP contribution in [0, 0.1) is 12.7 Å². The molecule has 0 aliphatic carbocycles. The molecule has 4 rings (SSSR count). The first-order valence-electron chi connectivity index (χ1n) is 8.17. The van der Waals surface area contributed by atoms with Crippen LogP contribution >= 0.6 is 11.6 Å². The first-order valence-corrected chi connectivity index (χ1v) is 8.55. The minimum Gasteiger partial charge on any atom is -0.334 e. The molecule has 2 heterocycles. The molecule has 1 fully saturated rings. The SMILES string of the molecule is Cc1cc(F)ccc1N1CC(c2noc(-c3cccc(Cl)c3)n2)CC1=O. The van der Waals surface area contributed by atoms with Crippen LogP contribution in [-0.4, -0.2) is 22.6 Å². The number of nitrogens with zero attached hydrogens (tertiary/aromatic N) is 3. The number of halogens is 2. The Balaban J connectivity index is 1.58. The van der Waals surface area contributed by atoms with Crippen molar-refractivity contribution in [2.45, 2.75) is 19.3 Å². The van der Waals surface area contributed by atoms with Gasteiger partial charge < -0.3 is 9.42 Å². The topological polar surface area (TPSA) is 59.2 Å². The molecule has 1 aliphatic rings. The number of benzene rings is 2. The molecule has 2 aromatic carbocycles. The molecule has 1 saturated heterocycles. The van der Waals surface area contributed by atoms with Gasteiger partial charge in [0, 0.05) is 35.2 Å². The standard InChI is InChI=1S/C19H15ClFN3O2/c1-11-7-15(21)5-6-16(11)24-10-13(9-17(24)25)18-22-19(26-23-18)12-3-2-4-14(20)8-12/h2-8,13H,9-10H2,1H3. The number of aryl methyl sites for hydroxylation is 1.